The normalized spacial score (nSPS) is 14.0. The van der Waals surface area contributed by atoms with Gasteiger partial charge in [-0.15, -0.1) is 0 Å². The van der Waals surface area contributed by atoms with Gasteiger partial charge in [0.1, 0.15) is 12.4 Å². The number of aliphatic imine (C=N–C) groups is 1. The third-order valence-corrected chi connectivity index (χ3v) is 5.07. The predicted molar refractivity (Wildman–Crippen MR) is 125 cm³/mol. The molecule has 1 aliphatic heterocycles. The highest BCUT2D eigenvalue weighted by atomic mass is 16.5. The van der Waals surface area contributed by atoms with Crippen molar-refractivity contribution in [3.8, 4) is 5.75 Å². The van der Waals surface area contributed by atoms with E-state index in [4.69, 9.17) is 9.73 Å². The highest BCUT2D eigenvalue weighted by Gasteiger charge is 2.22. The molecule has 2 aromatic carbocycles. The molecule has 8 heteroatoms. The van der Waals surface area contributed by atoms with E-state index in [0.717, 1.165) is 23.8 Å². The summed E-state index contributed by atoms with van der Waals surface area (Å²) in [5, 5.41) is 6.03. The van der Waals surface area contributed by atoms with Crippen LogP contribution in [0.4, 0.5) is 0 Å². The van der Waals surface area contributed by atoms with Crippen LogP contribution in [-0.2, 0) is 11.3 Å². The van der Waals surface area contributed by atoms with Crippen molar-refractivity contribution in [3.63, 3.8) is 0 Å². The highest BCUT2D eigenvalue weighted by molar-refractivity contribution is 5.97. The van der Waals surface area contributed by atoms with E-state index in [-0.39, 0.29) is 18.4 Å². The fourth-order valence-corrected chi connectivity index (χ4v) is 3.31. The lowest BCUT2D eigenvalue weighted by atomic mass is 10.1. The Balaban J connectivity index is 1.54. The van der Waals surface area contributed by atoms with Gasteiger partial charge in [-0.1, -0.05) is 30.3 Å². The first-order valence-corrected chi connectivity index (χ1v) is 10.9. The number of para-hydroxylation sites is 1. The Labute approximate surface area is 189 Å². The second-order valence-electron chi connectivity index (χ2n) is 7.53. The molecular formula is C24H31N5O3. The zero-order chi connectivity index (χ0) is 22.8. The second kappa shape index (κ2) is 11.7. The van der Waals surface area contributed by atoms with Gasteiger partial charge in [-0.05, 0) is 36.8 Å². The summed E-state index contributed by atoms with van der Waals surface area (Å²) in [6.07, 6.45) is 0. The predicted octanol–water partition coefficient (Wildman–Crippen LogP) is 1.73. The van der Waals surface area contributed by atoms with Crippen molar-refractivity contribution < 1.29 is 14.3 Å². The molecule has 1 aliphatic rings. The Morgan fingerprint density at radius 3 is 2.62 bits per heavy atom. The van der Waals surface area contributed by atoms with E-state index in [0.29, 0.717) is 38.3 Å². The van der Waals surface area contributed by atoms with Gasteiger partial charge in [-0.25, -0.2) is 4.99 Å². The summed E-state index contributed by atoms with van der Waals surface area (Å²) in [4.78, 5) is 32.4. The average Bonchev–Trinajstić information content (AvgIpc) is 2.82. The molecule has 170 valence electrons. The van der Waals surface area contributed by atoms with E-state index in [1.54, 1.807) is 17.0 Å². The quantitative estimate of drug-likeness (QED) is 0.485. The molecule has 0 saturated carbocycles. The molecule has 0 unspecified atom stereocenters. The van der Waals surface area contributed by atoms with Crippen LogP contribution >= 0.6 is 0 Å². The van der Waals surface area contributed by atoms with Crippen molar-refractivity contribution in [2.24, 2.45) is 4.99 Å². The van der Waals surface area contributed by atoms with Gasteiger partial charge in [-0.3, -0.25) is 9.59 Å². The van der Waals surface area contributed by atoms with Crippen LogP contribution in [0.2, 0.25) is 0 Å². The molecular weight excluding hydrogens is 406 g/mol. The van der Waals surface area contributed by atoms with Crippen molar-refractivity contribution in [2.45, 2.75) is 13.5 Å². The maximum absolute atomic E-state index is 12.6. The molecule has 8 nitrogen and oxygen atoms in total. The number of guanidine groups is 1. The van der Waals surface area contributed by atoms with Crippen LogP contribution in [0.25, 0.3) is 0 Å². The van der Waals surface area contributed by atoms with Crippen molar-refractivity contribution in [1.82, 2.24) is 20.4 Å². The molecule has 0 aromatic heterocycles. The number of benzene rings is 2. The van der Waals surface area contributed by atoms with Gasteiger partial charge in [0, 0.05) is 32.2 Å². The van der Waals surface area contributed by atoms with E-state index in [1.807, 2.05) is 61.3 Å². The molecule has 2 amide bonds. The number of likely N-dealkylation sites (N-methyl/N-ethyl adjacent to an activating group) is 1. The number of amides is 2. The number of nitrogens with zero attached hydrogens (tertiary/aromatic N) is 3. The zero-order valence-electron chi connectivity index (χ0n) is 18.7. The molecule has 2 N–H and O–H groups in total. The summed E-state index contributed by atoms with van der Waals surface area (Å²) < 4.78 is 5.77. The van der Waals surface area contributed by atoms with Gasteiger partial charge in [0.15, 0.2) is 5.96 Å². The summed E-state index contributed by atoms with van der Waals surface area (Å²) >= 11 is 0. The molecule has 0 bridgehead atoms. The minimum absolute atomic E-state index is 0.108. The lowest BCUT2D eigenvalue weighted by Gasteiger charge is -2.26. The van der Waals surface area contributed by atoms with Crippen LogP contribution in [0.15, 0.2) is 59.6 Å². The minimum atomic E-state index is -0.124. The number of carbonyl (C=O) groups is 2. The molecule has 0 radical (unpaired) electrons. The molecule has 32 heavy (non-hydrogen) atoms. The maximum atomic E-state index is 12.6. The summed E-state index contributed by atoms with van der Waals surface area (Å²) in [6, 6.07) is 17.1. The smallest absolute Gasteiger partial charge is 0.254 e. The fourth-order valence-electron chi connectivity index (χ4n) is 3.31. The van der Waals surface area contributed by atoms with Crippen LogP contribution in [0.3, 0.4) is 0 Å². The molecule has 0 atom stereocenters. The lowest BCUT2D eigenvalue weighted by molar-refractivity contribution is -0.123. The Kier molecular flexibility index (Phi) is 8.48. The Hall–Kier alpha value is -3.55. The van der Waals surface area contributed by atoms with E-state index in [1.165, 1.54) is 0 Å². The van der Waals surface area contributed by atoms with Crippen LogP contribution in [0, 0.1) is 0 Å². The van der Waals surface area contributed by atoms with Crippen molar-refractivity contribution >= 4 is 17.8 Å². The van der Waals surface area contributed by atoms with Gasteiger partial charge >= 0.3 is 0 Å². The van der Waals surface area contributed by atoms with Gasteiger partial charge in [0.2, 0.25) is 5.91 Å². The second-order valence-corrected chi connectivity index (χ2v) is 7.53. The number of rotatable bonds is 8. The first-order chi connectivity index (χ1) is 15.6. The SMILES string of the molecule is CCNC(=NCc1ccc(C(=O)N2CCNC(=O)C2)cc1)N(C)CCOc1ccccc1. The van der Waals surface area contributed by atoms with Crippen LogP contribution < -0.4 is 15.4 Å². The van der Waals surface area contributed by atoms with Crippen molar-refractivity contribution in [1.29, 1.82) is 0 Å². The topological polar surface area (TPSA) is 86.3 Å². The standard InChI is InChI=1S/C24H31N5O3/c1-3-25-24(28(2)15-16-32-21-7-5-4-6-8-21)27-17-19-9-11-20(12-10-19)23(31)29-14-13-26-22(30)18-29/h4-12H,3,13-18H2,1-2H3,(H,25,27)(H,26,30). The molecule has 1 fully saturated rings. The molecule has 0 aliphatic carbocycles. The minimum Gasteiger partial charge on any atom is -0.492 e. The number of carbonyl (C=O) groups excluding carboxylic acids is 2. The number of ether oxygens (including phenoxy) is 1. The fraction of sp³-hybridized carbons (Fsp3) is 0.375. The van der Waals surface area contributed by atoms with Crippen LogP contribution in [0.5, 0.6) is 5.75 Å². The third-order valence-electron chi connectivity index (χ3n) is 5.07. The van der Waals surface area contributed by atoms with Gasteiger partial charge in [0.05, 0.1) is 19.6 Å². The Morgan fingerprint density at radius 2 is 1.94 bits per heavy atom. The molecule has 0 spiro atoms. The van der Waals surface area contributed by atoms with E-state index in [2.05, 4.69) is 10.6 Å². The highest BCUT2D eigenvalue weighted by Crippen LogP contribution is 2.11. The summed E-state index contributed by atoms with van der Waals surface area (Å²) in [6.45, 7) is 5.67. The number of piperazine rings is 1. The lowest BCUT2D eigenvalue weighted by Crippen LogP contribution is -2.49. The van der Waals surface area contributed by atoms with Crippen molar-refractivity contribution in [2.75, 3.05) is 46.4 Å². The van der Waals surface area contributed by atoms with Crippen molar-refractivity contribution in [3.05, 3.63) is 65.7 Å². The van der Waals surface area contributed by atoms with E-state index >= 15 is 0 Å². The Bertz CT molecular complexity index is 915. The third kappa shape index (κ3) is 6.73. The first kappa shape index (κ1) is 23.1. The van der Waals surface area contributed by atoms with E-state index in [9.17, 15) is 9.59 Å². The van der Waals surface area contributed by atoms with Crippen LogP contribution in [0.1, 0.15) is 22.8 Å². The maximum Gasteiger partial charge on any atom is 0.254 e. The first-order valence-electron chi connectivity index (χ1n) is 10.9. The monoisotopic (exact) mass is 437 g/mol. The van der Waals surface area contributed by atoms with E-state index < -0.39 is 0 Å². The number of hydrogen-bond acceptors (Lipinski definition) is 4. The molecule has 3 rings (SSSR count). The summed E-state index contributed by atoms with van der Waals surface area (Å²) in [7, 11) is 1.98. The molecule has 1 saturated heterocycles. The average molecular weight is 438 g/mol. The summed E-state index contributed by atoms with van der Waals surface area (Å²) in [5.74, 6) is 1.40. The largest absolute Gasteiger partial charge is 0.492 e. The number of hydrogen-bond donors (Lipinski definition) is 2. The number of nitrogens with one attached hydrogen (secondary N) is 2. The van der Waals surface area contributed by atoms with Crippen LogP contribution in [-0.4, -0.2) is 74.0 Å². The summed E-state index contributed by atoms with van der Waals surface area (Å²) in [5.41, 5.74) is 1.58. The Morgan fingerprint density at radius 1 is 1.19 bits per heavy atom. The molecule has 2 aromatic rings. The molecule has 1 heterocycles. The zero-order valence-corrected chi connectivity index (χ0v) is 18.7. The van der Waals surface area contributed by atoms with Gasteiger partial charge in [-0.2, -0.15) is 0 Å². The van der Waals surface area contributed by atoms with Gasteiger partial charge < -0.3 is 25.2 Å². The van der Waals surface area contributed by atoms with Gasteiger partial charge in [0.25, 0.3) is 5.91 Å².